The number of rotatable bonds is 6. The first-order valence-electron chi connectivity index (χ1n) is 7.80. The van der Waals surface area contributed by atoms with Gasteiger partial charge in [0.15, 0.2) is 0 Å². The summed E-state index contributed by atoms with van der Waals surface area (Å²) in [6.07, 6.45) is 5.88. The Morgan fingerprint density at radius 1 is 1.12 bits per heavy atom. The molecule has 122 valence electrons. The number of hydrogen-bond acceptors (Lipinski definition) is 3. The standard InChI is InChI=1S/C19H18N2O2S/c20-19(15-5-1-2-6-15)17-7-3-4-8-18(17)21-24(23)16-11-9-14(13-22)10-12-16/h3-5,7-13,20-21H,1-2,6H2. The second-order valence-electron chi connectivity index (χ2n) is 5.60. The molecule has 4 nitrogen and oxygen atoms in total. The Morgan fingerprint density at radius 2 is 1.88 bits per heavy atom. The SMILES string of the molecule is N=C(C1=CCCC1)c1ccccc1NS(=O)c1ccc(C=O)cc1. The van der Waals surface area contributed by atoms with E-state index in [2.05, 4.69) is 10.8 Å². The molecular weight excluding hydrogens is 320 g/mol. The molecule has 5 heteroatoms. The van der Waals surface area contributed by atoms with Crippen LogP contribution in [0.2, 0.25) is 0 Å². The zero-order valence-electron chi connectivity index (χ0n) is 13.1. The van der Waals surface area contributed by atoms with Crippen molar-refractivity contribution in [2.75, 3.05) is 4.72 Å². The summed E-state index contributed by atoms with van der Waals surface area (Å²) in [5.74, 6) is 0. The summed E-state index contributed by atoms with van der Waals surface area (Å²) >= 11 is 0. The maximum Gasteiger partial charge on any atom is 0.150 e. The highest BCUT2D eigenvalue weighted by atomic mass is 32.2. The first-order valence-corrected chi connectivity index (χ1v) is 8.95. The van der Waals surface area contributed by atoms with Crippen molar-refractivity contribution in [2.24, 2.45) is 0 Å². The molecule has 1 aliphatic carbocycles. The fourth-order valence-corrected chi connectivity index (χ4v) is 3.57. The lowest BCUT2D eigenvalue weighted by molar-refractivity contribution is 0.112. The van der Waals surface area contributed by atoms with Crippen LogP contribution in [0.25, 0.3) is 0 Å². The molecule has 24 heavy (non-hydrogen) atoms. The van der Waals surface area contributed by atoms with Crippen LogP contribution < -0.4 is 4.72 Å². The monoisotopic (exact) mass is 338 g/mol. The van der Waals surface area contributed by atoms with Gasteiger partial charge in [0.05, 0.1) is 16.3 Å². The molecule has 1 atom stereocenters. The van der Waals surface area contributed by atoms with Gasteiger partial charge in [-0.15, -0.1) is 0 Å². The van der Waals surface area contributed by atoms with Crippen LogP contribution in [0.15, 0.2) is 65.1 Å². The molecule has 0 bridgehead atoms. The van der Waals surface area contributed by atoms with E-state index in [4.69, 9.17) is 5.41 Å². The lowest BCUT2D eigenvalue weighted by Crippen LogP contribution is -2.10. The average molecular weight is 338 g/mol. The second kappa shape index (κ2) is 7.36. The molecule has 1 unspecified atom stereocenters. The van der Waals surface area contributed by atoms with Crippen molar-refractivity contribution in [3.63, 3.8) is 0 Å². The van der Waals surface area contributed by atoms with Gasteiger partial charge in [0.2, 0.25) is 0 Å². The lowest BCUT2D eigenvalue weighted by atomic mass is 10.0. The van der Waals surface area contributed by atoms with E-state index >= 15 is 0 Å². The third-order valence-electron chi connectivity index (χ3n) is 3.99. The summed E-state index contributed by atoms with van der Waals surface area (Å²) in [5.41, 5.74) is 3.51. The summed E-state index contributed by atoms with van der Waals surface area (Å²) in [6, 6.07) is 14.0. The summed E-state index contributed by atoms with van der Waals surface area (Å²) in [7, 11) is -1.46. The summed E-state index contributed by atoms with van der Waals surface area (Å²) in [4.78, 5) is 11.3. The Kier molecular flexibility index (Phi) is 5.01. The molecule has 0 heterocycles. The van der Waals surface area contributed by atoms with Gasteiger partial charge in [-0.1, -0.05) is 36.4 Å². The van der Waals surface area contributed by atoms with Gasteiger partial charge in [0.1, 0.15) is 17.3 Å². The predicted molar refractivity (Wildman–Crippen MR) is 97.1 cm³/mol. The summed E-state index contributed by atoms with van der Waals surface area (Å²) < 4.78 is 15.5. The van der Waals surface area contributed by atoms with E-state index < -0.39 is 11.0 Å². The number of carbonyl (C=O) groups is 1. The van der Waals surface area contributed by atoms with Crippen LogP contribution in [-0.2, 0) is 11.0 Å². The van der Waals surface area contributed by atoms with Crippen LogP contribution in [0.1, 0.15) is 35.2 Å². The minimum Gasteiger partial charge on any atom is -0.300 e. The Bertz CT molecular complexity index is 826. The number of para-hydroxylation sites is 1. The molecule has 0 saturated carbocycles. The first-order chi connectivity index (χ1) is 11.7. The molecule has 2 N–H and O–H groups in total. The van der Waals surface area contributed by atoms with Gasteiger partial charge in [0.25, 0.3) is 0 Å². The van der Waals surface area contributed by atoms with Gasteiger partial charge in [-0.05, 0) is 43.0 Å². The molecule has 0 spiro atoms. The maximum atomic E-state index is 12.5. The van der Waals surface area contributed by atoms with Crippen LogP contribution >= 0.6 is 0 Å². The molecule has 0 radical (unpaired) electrons. The topological polar surface area (TPSA) is 70.0 Å². The van der Waals surface area contributed by atoms with Crippen molar-refractivity contribution in [3.8, 4) is 0 Å². The number of anilines is 1. The Labute approximate surface area is 143 Å². The highest BCUT2D eigenvalue weighted by Gasteiger charge is 2.16. The third kappa shape index (κ3) is 3.51. The Balaban J connectivity index is 1.83. The van der Waals surface area contributed by atoms with Crippen LogP contribution in [0.3, 0.4) is 0 Å². The van der Waals surface area contributed by atoms with Crippen molar-refractivity contribution in [2.45, 2.75) is 24.2 Å². The molecular formula is C19H18N2O2S. The van der Waals surface area contributed by atoms with E-state index in [1.807, 2.05) is 24.3 Å². The first kappa shape index (κ1) is 16.3. The van der Waals surface area contributed by atoms with E-state index in [-0.39, 0.29) is 0 Å². The maximum absolute atomic E-state index is 12.5. The van der Waals surface area contributed by atoms with Crippen LogP contribution in [0.5, 0.6) is 0 Å². The Hall–Kier alpha value is -2.53. The van der Waals surface area contributed by atoms with E-state index in [0.29, 0.717) is 21.9 Å². The Morgan fingerprint density at radius 3 is 2.54 bits per heavy atom. The lowest BCUT2D eigenvalue weighted by Gasteiger charge is -2.13. The van der Waals surface area contributed by atoms with Gasteiger partial charge in [-0.25, -0.2) is 4.21 Å². The smallest absolute Gasteiger partial charge is 0.150 e. The molecule has 0 saturated heterocycles. The minimum atomic E-state index is -1.46. The normalized spacial score (nSPS) is 14.8. The van der Waals surface area contributed by atoms with Gasteiger partial charge in [-0.2, -0.15) is 0 Å². The molecule has 0 fully saturated rings. The number of allylic oxidation sites excluding steroid dienone is 2. The van der Waals surface area contributed by atoms with Gasteiger partial charge >= 0.3 is 0 Å². The largest absolute Gasteiger partial charge is 0.300 e. The third-order valence-corrected chi connectivity index (χ3v) is 5.10. The molecule has 0 aliphatic heterocycles. The number of aldehydes is 1. The quantitative estimate of drug-likeness (QED) is 0.614. The number of benzene rings is 2. The molecule has 2 aromatic carbocycles. The second-order valence-corrected chi connectivity index (χ2v) is 6.81. The van der Waals surface area contributed by atoms with Gasteiger partial charge < -0.3 is 4.72 Å². The number of nitrogens with one attached hydrogen (secondary N) is 2. The van der Waals surface area contributed by atoms with E-state index in [1.54, 1.807) is 24.3 Å². The number of carbonyl (C=O) groups excluding carboxylic acids is 1. The van der Waals surface area contributed by atoms with Crippen molar-refractivity contribution in [1.82, 2.24) is 0 Å². The summed E-state index contributed by atoms with van der Waals surface area (Å²) in [6.45, 7) is 0. The van der Waals surface area contributed by atoms with Crippen LogP contribution in [-0.4, -0.2) is 16.2 Å². The fourth-order valence-electron chi connectivity index (χ4n) is 2.69. The fraction of sp³-hybridized carbons (Fsp3) is 0.158. The highest BCUT2D eigenvalue weighted by Crippen LogP contribution is 2.26. The molecule has 3 rings (SSSR count). The summed E-state index contributed by atoms with van der Waals surface area (Å²) in [5, 5.41) is 8.42. The average Bonchev–Trinajstić information content (AvgIpc) is 3.16. The molecule has 2 aromatic rings. The van der Waals surface area contributed by atoms with Crippen molar-refractivity contribution < 1.29 is 9.00 Å². The predicted octanol–water partition coefficient (Wildman–Crippen LogP) is 4.11. The van der Waals surface area contributed by atoms with Crippen molar-refractivity contribution >= 4 is 28.7 Å². The van der Waals surface area contributed by atoms with Crippen molar-refractivity contribution in [1.29, 1.82) is 5.41 Å². The number of hydrogen-bond donors (Lipinski definition) is 2. The molecule has 1 aliphatic rings. The van der Waals surface area contributed by atoms with Crippen molar-refractivity contribution in [3.05, 3.63) is 71.3 Å². The van der Waals surface area contributed by atoms with Gasteiger partial charge in [-0.3, -0.25) is 10.2 Å². The van der Waals surface area contributed by atoms with E-state index in [9.17, 15) is 9.00 Å². The van der Waals surface area contributed by atoms with Crippen LogP contribution in [0, 0.1) is 5.41 Å². The highest BCUT2D eigenvalue weighted by molar-refractivity contribution is 7.86. The van der Waals surface area contributed by atoms with Gasteiger partial charge in [0, 0.05) is 11.1 Å². The zero-order chi connectivity index (χ0) is 16.9. The molecule has 0 aromatic heterocycles. The van der Waals surface area contributed by atoms with Crippen LogP contribution in [0.4, 0.5) is 5.69 Å². The van der Waals surface area contributed by atoms with E-state index in [0.717, 1.165) is 36.7 Å². The molecule has 0 amide bonds. The zero-order valence-corrected chi connectivity index (χ0v) is 13.9. The minimum absolute atomic E-state index is 0.490. The van der Waals surface area contributed by atoms with E-state index in [1.165, 1.54) is 0 Å².